The number of pyridine rings is 1. The summed E-state index contributed by atoms with van der Waals surface area (Å²) in [5.41, 5.74) is 0. The Hall–Kier alpha value is -1.50. The van der Waals surface area contributed by atoms with Crippen LogP contribution in [0.15, 0.2) is 18.3 Å². The van der Waals surface area contributed by atoms with Crippen molar-refractivity contribution in [3.05, 3.63) is 18.3 Å². The molecule has 0 spiro atoms. The van der Waals surface area contributed by atoms with E-state index in [1.54, 1.807) is 0 Å². The van der Waals surface area contributed by atoms with Crippen LogP contribution in [0.4, 0.5) is 19.0 Å². The van der Waals surface area contributed by atoms with Gasteiger partial charge in [0.2, 0.25) is 0 Å². The number of nitrogens with one attached hydrogen (secondary N) is 1. The van der Waals surface area contributed by atoms with Crippen LogP contribution in [-0.4, -0.2) is 31.1 Å². The van der Waals surface area contributed by atoms with E-state index >= 15 is 0 Å². The molecule has 0 aliphatic heterocycles. The molecule has 96 valence electrons. The van der Waals surface area contributed by atoms with Crippen LogP contribution in [0.1, 0.15) is 6.92 Å². The molecule has 1 rings (SSSR count). The maximum Gasteiger partial charge on any atom is 0.573 e. The lowest BCUT2D eigenvalue weighted by molar-refractivity contribution is -0.274. The standard InChI is InChI=1S/C10H13F3N2O2/c1-2-16-6-5-14-9-4-3-8(7-15-9)17-10(11,12)13/h3-4,7H,2,5-6H2,1H3,(H,14,15). The molecule has 1 aromatic heterocycles. The molecule has 0 aliphatic rings. The molecule has 1 heterocycles. The molecule has 0 atom stereocenters. The molecule has 1 N–H and O–H groups in total. The highest BCUT2D eigenvalue weighted by Gasteiger charge is 2.31. The molecule has 7 heteroatoms. The highest BCUT2D eigenvalue weighted by Crippen LogP contribution is 2.22. The fraction of sp³-hybridized carbons (Fsp3) is 0.500. The zero-order valence-electron chi connectivity index (χ0n) is 9.25. The van der Waals surface area contributed by atoms with Crippen LogP contribution in [0.2, 0.25) is 0 Å². The highest BCUT2D eigenvalue weighted by molar-refractivity contribution is 5.37. The van der Waals surface area contributed by atoms with Gasteiger partial charge in [-0.2, -0.15) is 0 Å². The third-order valence-corrected chi connectivity index (χ3v) is 1.73. The second-order valence-electron chi connectivity index (χ2n) is 3.05. The van der Waals surface area contributed by atoms with Crippen LogP contribution in [-0.2, 0) is 4.74 Å². The minimum atomic E-state index is -4.69. The molecule has 0 saturated carbocycles. The third kappa shape index (κ3) is 5.96. The maximum atomic E-state index is 11.8. The molecule has 0 radical (unpaired) electrons. The number of aromatic nitrogens is 1. The molecular weight excluding hydrogens is 237 g/mol. The lowest BCUT2D eigenvalue weighted by Gasteiger charge is -2.09. The SMILES string of the molecule is CCOCCNc1ccc(OC(F)(F)F)cn1. The Bertz CT molecular complexity index is 327. The van der Waals surface area contributed by atoms with E-state index in [0.29, 0.717) is 25.6 Å². The Morgan fingerprint density at radius 2 is 2.12 bits per heavy atom. The highest BCUT2D eigenvalue weighted by atomic mass is 19.4. The number of anilines is 1. The first-order valence-electron chi connectivity index (χ1n) is 5.04. The summed E-state index contributed by atoms with van der Waals surface area (Å²) in [5, 5.41) is 2.90. The molecule has 1 aromatic rings. The molecule has 0 bridgehead atoms. The first-order chi connectivity index (χ1) is 8.01. The van der Waals surface area contributed by atoms with Gasteiger partial charge in [-0.1, -0.05) is 0 Å². The Morgan fingerprint density at radius 1 is 1.35 bits per heavy atom. The first kappa shape index (κ1) is 13.6. The van der Waals surface area contributed by atoms with Gasteiger partial charge < -0.3 is 14.8 Å². The van der Waals surface area contributed by atoms with Gasteiger partial charge in [-0.25, -0.2) is 4.98 Å². The van der Waals surface area contributed by atoms with Crippen molar-refractivity contribution in [2.45, 2.75) is 13.3 Å². The van der Waals surface area contributed by atoms with Crippen molar-refractivity contribution in [2.75, 3.05) is 25.1 Å². The molecule has 17 heavy (non-hydrogen) atoms. The number of nitrogens with zero attached hydrogens (tertiary/aromatic N) is 1. The average molecular weight is 250 g/mol. The van der Waals surface area contributed by atoms with Crippen molar-refractivity contribution in [3.8, 4) is 5.75 Å². The van der Waals surface area contributed by atoms with E-state index < -0.39 is 6.36 Å². The summed E-state index contributed by atoms with van der Waals surface area (Å²) in [7, 11) is 0. The average Bonchev–Trinajstić information content (AvgIpc) is 2.25. The minimum Gasteiger partial charge on any atom is -0.404 e. The van der Waals surface area contributed by atoms with E-state index in [2.05, 4.69) is 15.0 Å². The summed E-state index contributed by atoms with van der Waals surface area (Å²) >= 11 is 0. The van der Waals surface area contributed by atoms with E-state index in [1.807, 2.05) is 6.92 Å². The molecule has 0 aliphatic carbocycles. The number of alkyl halides is 3. The van der Waals surface area contributed by atoms with Crippen LogP contribution < -0.4 is 10.1 Å². The number of halogens is 3. The van der Waals surface area contributed by atoms with Gasteiger partial charge in [0, 0.05) is 13.2 Å². The summed E-state index contributed by atoms with van der Waals surface area (Å²) < 4.78 is 44.3. The molecule has 0 unspecified atom stereocenters. The summed E-state index contributed by atoms with van der Waals surface area (Å²) in [6.45, 7) is 3.55. The molecular formula is C10H13F3N2O2. The third-order valence-electron chi connectivity index (χ3n) is 1.73. The van der Waals surface area contributed by atoms with E-state index in [0.717, 1.165) is 6.20 Å². The summed E-state index contributed by atoms with van der Waals surface area (Å²) in [4.78, 5) is 3.77. The van der Waals surface area contributed by atoms with Crippen molar-refractivity contribution in [3.63, 3.8) is 0 Å². The van der Waals surface area contributed by atoms with Crippen molar-refractivity contribution < 1.29 is 22.6 Å². The Labute approximate surface area is 96.7 Å². The van der Waals surface area contributed by atoms with Crippen molar-refractivity contribution in [2.24, 2.45) is 0 Å². The van der Waals surface area contributed by atoms with E-state index in [9.17, 15) is 13.2 Å². The zero-order valence-corrected chi connectivity index (χ0v) is 9.25. The maximum absolute atomic E-state index is 11.8. The minimum absolute atomic E-state index is 0.340. The van der Waals surface area contributed by atoms with Crippen LogP contribution in [0, 0.1) is 0 Å². The van der Waals surface area contributed by atoms with Crippen LogP contribution in [0.5, 0.6) is 5.75 Å². The van der Waals surface area contributed by atoms with Gasteiger partial charge in [-0.3, -0.25) is 0 Å². The predicted molar refractivity (Wildman–Crippen MR) is 55.9 cm³/mol. The van der Waals surface area contributed by atoms with Gasteiger partial charge >= 0.3 is 6.36 Å². The second kappa shape index (κ2) is 6.29. The monoisotopic (exact) mass is 250 g/mol. The fourth-order valence-electron chi connectivity index (χ4n) is 1.07. The lowest BCUT2D eigenvalue weighted by Crippen LogP contribution is -2.17. The molecule has 0 saturated heterocycles. The lowest BCUT2D eigenvalue weighted by atomic mass is 10.4. The number of rotatable bonds is 6. The normalized spacial score (nSPS) is 11.3. The molecule has 4 nitrogen and oxygen atoms in total. The quantitative estimate of drug-likeness (QED) is 0.787. The summed E-state index contributed by atoms with van der Waals surface area (Å²) in [6, 6.07) is 2.61. The summed E-state index contributed by atoms with van der Waals surface area (Å²) in [5.74, 6) is 0.132. The smallest absolute Gasteiger partial charge is 0.404 e. The van der Waals surface area contributed by atoms with Gasteiger partial charge in [-0.05, 0) is 19.1 Å². The van der Waals surface area contributed by atoms with Crippen molar-refractivity contribution in [1.29, 1.82) is 0 Å². The van der Waals surface area contributed by atoms with Gasteiger partial charge in [0.15, 0.2) is 0 Å². The largest absolute Gasteiger partial charge is 0.573 e. The van der Waals surface area contributed by atoms with Crippen molar-refractivity contribution in [1.82, 2.24) is 4.98 Å². The first-order valence-corrected chi connectivity index (χ1v) is 5.04. The van der Waals surface area contributed by atoms with E-state index in [-0.39, 0.29) is 5.75 Å². The van der Waals surface area contributed by atoms with Gasteiger partial charge in [0.1, 0.15) is 11.6 Å². The molecule has 0 fully saturated rings. The Morgan fingerprint density at radius 3 is 2.65 bits per heavy atom. The van der Waals surface area contributed by atoms with E-state index in [1.165, 1.54) is 12.1 Å². The Balaban J connectivity index is 2.39. The van der Waals surface area contributed by atoms with Crippen molar-refractivity contribution >= 4 is 5.82 Å². The van der Waals surface area contributed by atoms with Gasteiger partial charge in [0.25, 0.3) is 0 Å². The Kier molecular flexibility index (Phi) is 5.02. The van der Waals surface area contributed by atoms with E-state index in [4.69, 9.17) is 4.74 Å². The molecule has 0 amide bonds. The number of ether oxygens (including phenoxy) is 2. The molecule has 0 aromatic carbocycles. The van der Waals surface area contributed by atoms with Crippen LogP contribution >= 0.6 is 0 Å². The van der Waals surface area contributed by atoms with Crippen LogP contribution in [0.25, 0.3) is 0 Å². The number of hydrogen-bond acceptors (Lipinski definition) is 4. The van der Waals surface area contributed by atoms with Gasteiger partial charge in [0.05, 0.1) is 12.8 Å². The topological polar surface area (TPSA) is 43.4 Å². The summed E-state index contributed by atoms with van der Waals surface area (Å²) in [6.07, 6.45) is -3.68. The fourth-order valence-corrected chi connectivity index (χ4v) is 1.07. The van der Waals surface area contributed by atoms with Gasteiger partial charge in [-0.15, -0.1) is 13.2 Å². The van der Waals surface area contributed by atoms with Crippen LogP contribution in [0.3, 0.4) is 0 Å². The predicted octanol–water partition coefficient (Wildman–Crippen LogP) is 2.43. The zero-order chi connectivity index (χ0) is 12.7. The number of hydrogen-bond donors (Lipinski definition) is 1. The second-order valence-corrected chi connectivity index (χ2v) is 3.05.